The Kier molecular flexibility index (Phi) is 5.16. The number of anilines is 1. The zero-order valence-corrected chi connectivity index (χ0v) is 15.0. The molecule has 1 atom stereocenters. The molecule has 132 valence electrons. The summed E-state index contributed by atoms with van der Waals surface area (Å²) in [5, 5.41) is 0. The minimum Gasteiger partial charge on any atom is -0.481 e. The molecule has 25 heavy (non-hydrogen) atoms. The van der Waals surface area contributed by atoms with E-state index in [9.17, 15) is 4.79 Å². The van der Waals surface area contributed by atoms with E-state index in [1.807, 2.05) is 43.9 Å². The molecule has 3 rings (SSSR count). The van der Waals surface area contributed by atoms with Crippen molar-refractivity contribution in [3.05, 3.63) is 47.9 Å². The van der Waals surface area contributed by atoms with E-state index in [-0.39, 0.29) is 5.91 Å². The van der Waals surface area contributed by atoms with Gasteiger partial charge < -0.3 is 14.5 Å². The van der Waals surface area contributed by atoms with Gasteiger partial charge in [0.05, 0.1) is 6.20 Å². The van der Waals surface area contributed by atoms with Crippen molar-refractivity contribution >= 4 is 11.7 Å². The summed E-state index contributed by atoms with van der Waals surface area (Å²) in [5.41, 5.74) is 2.24. The second kappa shape index (κ2) is 7.51. The number of nitrogens with zero attached hydrogens (tertiary/aromatic N) is 4. The van der Waals surface area contributed by atoms with Crippen molar-refractivity contribution < 1.29 is 9.53 Å². The fraction of sp³-hybridized carbons (Fsp3) is 0.421. The number of carbonyl (C=O) groups is 1. The van der Waals surface area contributed by atoms with Gasteiger partial charge in [-0.05, 0) is 38.0 Å². The Bertz CT molecular complexity index is 727. The van der Waals surface area contributed by atoms with Crippen LogP contribution in [0.4, 0.5) is 5.82 Å². The highest BCUT2D eigenvalue weighted by Gasteiger charge is 2.26. The summed E-state index contributed by atoms with van der Waals surface area (Å²) >= 11 is 0. The molecule has 0 radical (unpaired) electrons. The molecule has 0 N–H and O–H groups in total. The lowest BCUT2D eigenvalue weighted by Gasteiger charge is -2.36. The third-order valence-corrected chi connectivity index (χ3v) is 4.67. The Balaban J connectivity index is 1.58. The molecule has 0 spiro atoms. The van der Waals surface area contributed by atoms with Crippen LogP contribution in [-0.2, 0) is 4.79 Å². The maximum Gasteiger partial charge on any atom is 0.263 e. The normalized spacial score (nSPS) is 15.8. The predicted octanol–water partition coefficient (Wildman–Crippen LogP) is 2.21. The Morgan fingerprint density at radius 2 is 1.92 bits per heavy atom. The third-order valence-electron chi connectivity index (χ3n) is 4.67. The minimum absolute atomic E-state index is 0.0275. The highest BCUT2D eigenvalue weighted by molar-refractivity contribution is 5.81. The fourth-order valence-corrected chi connectivity index (χ4v) is 2.96. The number of benzene rings is 1. The van der Waals surface area contributed by atoms with Crippen LogP contribution < -0.4 is 9.64 Å². The van der Waals surface area contributed by atoms with Crippen LogP contribution in [0.2, 0.25) is 0 Å². The van der Waals surface area contributed by atoms with Gasteiger partial charge in [0.15, 0.2) is 6.10 Å². The van der Waals surface area contributed by atoms with E-state index in [0.29, 0.717) is 13.1 Å². The van der Waals surface area contributed by atoms with E-state index >= 15 is 0 Å². The van der Waals surface area contributed by atoms with Gasteiger partial charge in [-0.3, -0.25) is 9.78 Å². The molecule has 2 aromatic rings. The Labute approximate surface area is 148 Å². The Morgan fingerprint density at radius 3 is 2.60 bits per heavy atom. The monoisotopic (exact) mass is 340 g/mol. The summed E-state index contributed by atoms with van der Waals surface area (Å²) in [6, 6.07) is 5.91. The fourth-order valence-electron chi connectivity index (χ4n) is 2.96. The van der Waals surface area contributed by atoms with Crippen molar-refractivity contribution in [3.8, 4) is 5.75 Å². The second-order valence-electron chi connectivity index (χ2n) is 6.33. The van der Waals surface area contributed by atoms with Crippen LogP contribution in [0.1, 0.15) is 18.1 Å². The highest BCUT2D eigenvalue weighted by atomic mass is 16.5. The van der Waals surface area contributed by atoms with Crippen LogP contribution in [0.15, 0.2) is 36.8 Å². The molecule has 1 aromatic heterocycles. The van der Waals surface area contributed by atoms with Crippen LogP contribution in [-0.4, -0.2) is 53.1 Å². The molecule has 0 bridgehead atoms. The molecule has 1 saturated heterocycles. The van der Waals surface area contributed by atoms with Crippen molar-refractivity contribution in [1.82, 2.24) is 14.9 Å². The number of carbonyl (C=O) groups excluding carboxylic acids is 1. The summed E-state index contributed by atoms with van der Waals surface area (Å²) in [4.78, 5) is 25.1. The first-order chi connectivity index (χ1) is 12.1. The van der Waals surface area contributed by atoms with Crippen molar-refractivity contribution in [2.75, 3.05) is 31.1 Å². The van der Waals surface area contributed by atoms with E-state index in [1.54, 1.807) is 18.6 Å². The Hall–Kier alpha value is -2.63. The minimum atomic E-state index is -0.497. The lowest BCUT2D eigenvalue weighted by atomic mass is 10.1. The van der Waals surface area contributed by atoms with Gasteiger partial charge in [0.25, 0.3) is 5.91 Å². The zero-order chi connectivity index (χ0) is 17.8. The molecule has 6 heteroatoms. The summed E-state index contributed by atoms with van der Waals surface area (Å²) in [5.74, 6) is 1.66. The molecule has 0 saturated carbocycles. The molecule has 6 nitrogen and oxygen atoms in total. The van der Waals surface area contributed by atoms with Gasteiger partial charge in [-0.1, -0.05) is 12.1 Å². The van der Waals surface area contributed by atoms with Crippen LogP contribution in [0.3, 0.4) is 0 Å². The van der Waals surface area contributed by atoms with Crippen LogP contribution >= 0.6 is 0 Å². The first-order valence-electron chi connectivity index (χ1n) is 8.59. The van der Waals surface area contributed by atoms with E-state index in [2.05, 4.69) is 14.9 Å². The first kappa shape index (κ1) is 17.2. The average Bonchev–Trinajstić information content (AvgIpc) is 2.65. The van der Waals surface area contributed by atoms with Crippen molar-refractivity contribution in [1.29, 1.82) is 0 Å². The molecule has 1 amide bonds. The van der Waals surface area contributed by atoms with Gasteiger partial charge in [0, 0.05) is 38.6 Å². The molecule has 0 unspecified atom stereocenters. The second-order valence-corrected chi connectivity index (χ2v) is 6.33. The summed E-state index contributed by atoms with van der Waals surface area (Å²) in [6.45, 7) is 8.70. The Morgan fingerprint density at radius 1 is 1.16 bits per heavy atom. The number of hydrogen-bond acceptors (Lipinski definition) is 5. The van der Waals surface area contributed by atoms with Crippen LogP contribution in [0.5, 0.6) is 5.75 Å². The van der Waals surface area contributed by atoms with E-state index in [0.717, 1.165) is 35.8 Å². The van der Waals surface area contributed by atoms with Gasteiger partial charge in [-0.2, -0.15) is 0 Å². The number of ether oxygens (including phenoxy) is 1. The number of rotatable bonds is 4. The summed E-state index contributed by atoms with van der Waals surface area (Å²) in [7, 11) is 0. The number of aryl methyl sites for hydroxylation is 1. The number of piperazine rings is 1. The smallest absolute Gasteiger partial charge is 0.263 e. The van der Waals surface area contributed by atoms with Gasteiger partial charge in [0.2, 0.25) is 0 Å². The number of aromatic nitrogens is 2. The van der Waals surface area contributed by atoms with Crippen molar-refractivity contribution in [2.24, 2.45) is 0 Å². The van der Waals surface area contributed by atoms with E-state index < -0.39 is 6.10 Å². The quantitative estimate of drug-likeness (QED) is 0.854. The largest absolute Gasteiger partial charge is 0.481 e. The topological polar surface area (TPSA) is 58.6 Å². The molecular formula is C19H24N4O2. The zero-order valence-electron chi connectivity index (χ0n) is 15.0. The van der Waals surface area contributed by atoms with E-state index in [4.69, 9.17) is 4.74 Å². The van der Waals surface area contributed by atoms with Gasteiger partial charge >= 0.3 is 0 Å². The molecule has 1 aliphatic rings. The molecule has 1 aromatic carbocycles. The SMILES string of the molecule is Cc1cccc(O[C@H](C)C(=O)N2CCN(c3cnccn3)CC2)c1C. The highest BCUT2D eigenvalue weighted by Crippen LogP contribution is 2.22. The molecular weight excluding hydrogens is 316 g/mol. The van der Waals surface area contributed by atoms with Crippen molar-refractivity contribution in [2.45, 2.75) is 26.9 Å². The van der Waals surface area contributed by atoms with E-state index in [1.165, 1.54) is 0 Å². The molecule has 1 fully saturated rings. The van der Waals surface area contributed by atoms with Crippen LogP contribution in [0, 0.1) is 13.8 Å². The first-order valence-corrected chi connectivity index (χ1v) is 8.59. The average molecular weight is 340 g/mol. The van der Waals surface area contributed by atoms with Gasteiger partial charge in [-0.15, -0.1) is 0 Å². The van der Waals surface area contributed by atoms with Crippen molar-refractivity contribution in [3.63, 3.8) is 0 Å². The summed E-state index contributed by atoms with van der Waals surface area (Å²) < 4.78 is 5.93. The third kappa shape index (κ3) is 3.90. The van der Waals surface area contributed by atoms with Crippen LogP contribution in [0.25, 0.3) is 0 Å². The lowest BCUT2D eigenvalue weighted by Crippen LogP contribution is -2.52. The maximum absolute atomic E-state index is 12.7. The lowest BCUT2D eigenvalue weighted by molar-refractivity contribution is -0.138. The summed E-state index contributed by atoms with van der Waals surface area (Å²) in [6.07, 6.45) is 4.61. The molecule has 2 heterocycles. The number of amides is 1. The predicted molar refractivity (Wildman–Crippen MR) is 96.8 cm³/mol. The molecule has 1 aliphatic heterocycles. The van der Waals surface area contributed by atoms with Gasteiger partial charge in [0.1, 0.15) is 11.6 Å². The number of hydrogen-bond donors (Lipinski definition) is 0. The standard InChI is InChI=1S/C19H24N4O2/c1-14-5-4-6-17(15(14)2)25-16(3)19(24)23-11-9-22(10-12-23)18-13-20-7-8-21-18/h4-8,13,16H,9-12H2,1-3H3/t16-/m1/s1. The maximum atomic E-state index is 12.7. The van der Waals surface area contributed by atoms with Gasteiger partial charge in [-0.25, -0.2) is 4.98 Å². The molecule has 0 aliphatic carbocycles.